The number of nitrogens with zero attached hydrogens (tertiary/aromatic N) is 3. The summed E-state index contributed by atoms with van der Waals surface area (Å²) in [6, 6.07) is 13.6. The van der Waals surface area contributed by atoms with Gasteiger partial charge in [-0.05, 0) is 43.2 Å². The van der Waals surface area contributed by atoms with Crippen LogP contribution in [0.5, 0.6) is 5.75 Å². The maximum absolute atomic E-state index is 13.4. The highest BCUT2D eigenvalue weighted by molar-refractivity contribution is 6.44. The van der Waals surface area contributed by atoms with Gasteiger partial charge in [-0.3, -0.25) is 14.4 Å². The number of hydrogen-bond donors (Lipinski definition) is 0. The third-order valence-corrected chi connectivity index (χ3v) is 5.86. The SMILES string of the molecule is COc1ccc(C(=O)C2C(=O)C(=O)N(CCCn3ccnc3)C2c2ccc(C)cc2)cc1. The lowest BCUT2D eigenvalue weighted by Gasteiger charge is -2.27. The number of aryl methyl sites for hydroxylation is 2. The highest BCUT2D eigenvalue weighted by atomic mass is 16.5. The lowest BCUT2D eigenvalue weighted by atomic mass is 9.86. The molecule has 164 valence electrons. The van der Waals surface area contributed by atoms with Crippen molar-refractivity contribution in [2.24, 2.45) is 5.92 Å². The van der Waals surface area contributed by atoms with Crippen molar-refractivity contribution < 1.29 is 19.1 Å². The van der Waals surface area contributed by atoms with Crippen LogP contribution in [-0.4, -0.2) is 45.6 Å². The Bertz CT molecular complexity index is 1110. The number of rotatable bonds is 8. The number of methoxy groups -OCH3 is 1. The van der Waals surface area contributed by atoms with Gasteiger partial charge in [-0.25, -0.2) is 4.98 Å². The summed E-state index contributed by atoms with van der Waals surface area (Å²) < 4.78 is 7.08. The van der Waals surface area contributed by atoms with E-state index in [1.165, 1.54) is 0 Å². The molecule has 1 saturated heterocycles. The van der Waals surface area contributed by atoms with Crippen molar-refractivity contribution in [3.05, 3.63) is 83.9 Å². The van der Waals surface area contributed by atoms with Crippen molar-refractivity contribution in [3.8, 4) is 5.75 Å². The normalized spacial score (nSPS) is 18.2. The summed E-state index contributed by atoms with van der Waals surface area (Å²) >= 11 is 0. The number of ether oxygens (including phenoxy) is 1. The predicted molar refractivity (Wildman–Crippen MR) is 118 cm³/mol. The quantitative estimate of drug-likeness (QED) is 0.311. The van der Waals surface area contributed by atoms with E-state index in [1.807, 2.05) is 42.0 Å². The topological polar surface area (TPSA) is 81.5 Å². The number of benzene rings is 2. The van der Waals surface area contributed by atoms with Crippen molar-refractivity contribution in [3.63, 3.8) is 0 Å². The zero-order valence-corrected chi connectivity index (χ0v) is 18.1. The van der Waals surface area contributed by atoms with Gasteiger partial charge in [-0.1, -0.05) is 29.8 Å². The minimum absolute atomic E-state index is 0.353. The van der Waals surface area contributed by atoms with Crippen LogP contribution in [0.25, 0.3) is 0 Å². The first kappa shape index (κ1) is 21.5. The zero-order valence-electron chi connectivity index (χ0n) is 18.1. The first-order chi connectivity index (χ1) is 15.5. The molecule has 4 rings (SSSR count). The maximum atomic E-state index is 13.4. The number of aromatic nitrogens is 2. The molecule has 1 fully saturated rings. The number of ketones is 2. The van der Waals surface area contributed by atoms with Gasteiger partial charge in [-0.2, -0.15) is 0 Å². The average molecular weight is 431 g/mol. The molecule has 0 N–H and O–H groups in total. The van der Waals surface area contributed by atoms with Crippen molar-refractivity contribution >= 4 is 17.5 Å². The van der Waals surface area contributed by atoms with E-state index in [9.17, 15) is 14.4 Å². The fraction of sp³-hybridized carbons (Fsp3) is 0.280. The van der Waals surface area contributed by atoms with Crippen LogP contribution >= 0.6 is 0 Å². The van der Waals surface area contributed by atoms with E-state index in [2.05, 4.69) is 4.98 Å². The Morgan fingerprint density at radius 1 is 1.03 bits per heavy atom. The first-order valence-corrected chi connectivity index (χ1v) is 10.5. The van der Waals surface area contributed by atoms with Gasteiger partial charge >= 0.3 is 0 Å². The van der Waals surface area contributed by atoms with Crippen molar-refractivity contribution in [1.82, 2.24) is 14.5 Å². The molecule has 2 aromatic carbocycles. The lowest BCUT2D eigenvalue weighted by Crippen LogP contribution is -2.32. The number of hydrogen-bond acceptors (Lipinski definition) is 5. The first-order valence-electron chi connectivity index (χ1n) is 10.5. The largest absolute Gasteiger partial charge is 0.497 e. The molecule has 1 aliphatic rings. The van der Waals surface area contributed by atoms with Crippen LogP contribution in [0, 0.1) is 12.8 Å². The van der Waals surface area contributed by atoms with E-state index in [0.717, 1.165) is 11.1 Å². The van der Waals surface area contributed by atoms with E-state index < -0.39 is 23.7 Å². The van der Waals surface area contributed by atoms with Gasteiger partial charge in [0.15, 0.2) is 5.78 Å². The van der Waals surface area contributed by atoms with Gasteiger partial charge in [0.1, 0.15) is 11.7 Å². The second kappa shape index (κ2) is 9.18. The highest BCUT2D eigenvalue weighted by Crippen LogP contribution is 2.38. The van der Waals surface area contributed by atoms with Gasteiger partial charge in [0.05, 0.1) is 19.5 Å². The Morgan fingerprint density at radius 2 is 1.75 bits per heavy atom. The molecule has 1 amide bonds. The molecular weight excluding hydrogens is 406 g/mol. The Labute approximate surface area is 186 Å². The van der Waals surface area contributed by atoms with E-state index in [-0.39, 0.29) is 5.78 Å². The van der Waals surface area contributed by atoms with Gasteiger partial charge < -0.3 is 14.2 Å². The number of carbonyl (C=O) groups is 3. The minimum Gasteiger partial charge on any atom is -0.497 e. The predicted octanol–water partition coefficient (Wildman–Crippen LogP) is 3.24. The summed E-state index contributed by atoms with van der Waals surface area (Å²) in [5.41, 5.74) is 2.23. The summed E-state index contributed by atoms with van der Waals surface area (Å²) in [6.45, 7) is 3.00. The third-order valence-electron chi connectivity index (χ3n) is 5.86. The van der Waals surface area contributed by atoms with Crippen LogP contribution in [0.4, 0.5) is 0 Å². The Balaban J connectivity index is 1.64. The summed E-state index contributed by atoms with van der Waals surface area (Å²) in [7, 11) is 1.55. The molecular formula is C25H25N3O4. The zero-order chi connectivity index (χ0) is 22.7. The third kappa shape index (κ3) is 4.19. The molecule has 0 radical (unpaired) electrons. The van der Waals surface area contributed by atoms with Crippen LogP contribution in [0.15, 0.2) is 67.3 Å². The van der Waals surface area contributed by atoms with E-state index in [4.69, 9.17) is 4.74 Å². The fourth-order valence-electron chi connectivity index (χ4n) is 4.14. The van der Waals surface area contributed by atoms with Gasteiger partial charge in [0.2, 0.25) is 5.78 Å². The number of likely N-dealkylation sites (tertiary alicyclic amines) is 1. The van der Waals surface area contributed by atoms with Crippen molar-refractivity contribution in [1.29, 1.82) is 0 Å². The summed E-state index contributed by atoms with van der Waals surface area (Å²) in [5, 5.41) is 0. The average Bonchev–Trinajstić information content (AvgIpc) is 3.41. The molecule has 0 bridgehead atoms. The summed E-state index contributed by atoms with van der Waals surface area (Å²) in [4.78, 5) is 45.0. The second-order valence-corrected chi connectivity index (χ2v) is 7.94. The molecule has 7 nitrogen and oxygen atoms in total. The van der Waals surface area contributed by atoms with E-state index in [0.29, 0.717) is 30.8 Å². The van der Waals surface area contributed by atoms with Crippen LogP contribution in [-0.2, 0) is 16.1 Å². The smallest absolute Gasteiger partial charge is 0.291 e. The molecule has 2 atom stereocenters. The van der Waals surface area contributed by atoms with Crippen molar-refractivity contribution in [2.75, 3.05) is 13.7 Å². The Morgan fingerprint density at radius 3 is 2.38 bits per heavy atom. The number of amides is 1. The highest BCUT2D eigenvalue weighted by Gasteiger charge is 2.51. The molecule has 0 spiro atoms. The van der Waals surface area contributed by atoms with Gasteiger partial charge in [-0.15, -0.1) is 0 Å². The molecule has 2 heterocycles. The van der Waals surface area contributed by atoms with Crippen LogP contribution in [0.3, 0.4) is 0 Å². The number of carbonyl (C=O) groups excluding carboxylic acids is 3. The van der Waals surface area contributed by atoms with Crippen LogP contribution in [0.1, 0.15) is 33.9 Å². The number of Topliss-reactive ketones (excluding diaryl/α,β-unsaturated/α-hetero) is 2. The van der Waals surface area contributed by atoms with Crippen LogP contribution < -0.4 is 4.74 Å². The van der Waals surface area contributed by atoms with Gasteiger partial charge in [0, 0.05) is 31.0 Å². The fourth-order valence-corrected chi connectivity index (χ4v) is 4.14. The molecule has 1 aromatic heterocycles. The lowest BCUT2D eigenvalue weighted by molar-refractivity contribution is -0.140. The van der Waals surface area contributed by atoms with E-state index in [1.54, 1.807) is 48.8 Å². The molecule has 2 unspecified atom stereocenters. The van der Waals surface area contributed by atoms with Crippen LogP contribution in [0.2, 0.25) is 0 Å². The molecule has 1 aliphatic heterocycles. The maximum Gasteiger partial charge on any atom is 0.291 e. The van der Waals surface area contributed by atoms with Crippen molar-refractivity contribution in [2.45, 2.75) is 25.9 Å². The Hall–Kier alpha value is -3.74. The second-order valence-electron chi connectivity index (χ2n) is 7.94. The minimum atomic E-state index is -1.08. The molecule has 0 saturated carbocycles. The molecule has 3 aromatic rings. The number of imidazole rings is 1. The molecule has 7 heteroatoms. The summed E-state index contributed by atoms with van der Waals surface area (Å²) in [6.07, 6.45) is 5.90. The van der Waals surface area contributed by atoms with E-state index >= 15 is 0 Å². The molecule has 32 heavy (non-hydrogen) atoms. The van der Waals surface area contributed by atoms with Gasteiger partial charge in [0.25, 0.3) is 5.91 Å². The monoisotopic (exact) mass is 431 g/mol. The molecule has 0 aliphatic carbocycles. The summed E-state index contributed by atoms with van der Waals surface area (Å²) in [5.74, 6) is -2.07. The standard InChI is InChI=1S/C25H25N3O4/c1-17-4-6-18(7-5-17)22-21(23(29)19-8-10-20(32-2)11-9-19)24(30)25(31)28(22)14-3-13-27-15-12-26-16-27/h4-12,15-16,21-22H,3,13-14H2,1-2H3. The Kier molecular flexibility index (Phi) is 6.16.